The van der Waals surface area contributed by atoms with Crippen LogP contribution in [-0.4, -0.2) is 54.9 Å². The monoisotopic (exact) mass is 477 g/mol. The van der Waals surface area contributed by atoms with Crippen molar-refractivity contribution in [2.24, 2.45) is 0 Å². The maximum atomic E-state index is 13.4. The molecule has 0 unspecified atom stereocenters. The summed E-state index contributed by atoms with van der Waals surface area (Å²) in [7, 11) is -3.79. The third kappa shape index (κ3) is 4.28. The van der Waals surface area contributed by atoms with Gasteiger partial charge in [0.05, 0.1) is 9.92 Å². The number of sulfonamides is 1. The van der Waals surface area contributed by atoms with E-state index in [1.807, 2.05) is 0 Å². The van der Waals surface area contributed by atoms with Gasteiger partial charge in [0.1, 0.15) is 22.8 Å². The fraction of sp³-hybridized carbons (Fsp3) is 0.273. The Bertz CT molecular complexity index is 1240. The summed E-state index contributed by atoms with van der Waals surface area (Å²) in [4.78, 5) is 15.0. The van der Waals surface area contributed by atoms with Gasteiger partial charge in [-0.1, -0.05) is 35.0 Å². The minimum absolute atomic E-state index is 0.0227. The highest BCUT2D eigenvalue weighted by atomic mass is 35.5. The zero-order valence-corrected chi connectivity index (χ0v) is 18.9. The van der Waals surface area contributed by atoms with Crippen molar-refractivity contribution in [3.8, 4) is 11.3 Å². The minimum atomic E-state index is -3.79. The Morgan fingerprint density at radius 2 is 1.78 bits per heavy atom. The average Bonchev–Trinajstić information content (AvgIpc) is 2.98. The first kappa shape index (κ1) is 22.4. The molecule has 10 heteroatoms. The first-order valence-electron chi connectivity index (χ1n) is 10.0. The van der Waals surface area contributed by atoms with Gasteiger partial charge in [-0.25, -0.2) is 12.8 Å². The van der Waals surface area contributed by atoms with Crippen LogP contribution in [0, 0.1) is 12.7 Å². The molecule has 0 saturated carbocycles. The van der Waals surface area contributed by atoms with Crippen LogP contribution >= 0.6 is 11.6 Å². The van der Waals surface area contributed by atoms with Crippen LogP contribution in [-0.2, 0) is 10.0 Å². The van der Waals surface area contributed by atoms with Crippen molar-refractivity contribution in [3.63, 3.8) is 0 Å². The summed E-state index contributed by atoms with van der Waals surface area (Å²) in [6.07, 6.45) is 0.456. The van der Waals surface area contributed by atoms with Crippen molar-refractivity contribution in [1.82, 2.24) is 14.4 Å². The summed E-state index contributed by atoms with van der Waals surface area (Å²) in [6.45, 7) is 2.61. The standard InChI is InChI=1S/C22H21ClFN3O4S/c1-15-20(21(25-31-15)18-5-2-3-6-19(18)23)22(28)26-11-4-12-27(14-13-26)32(29,30)17-9-7-16(24)8-10-17/h2-3,5-10H,4,11-14H2,1H3. The third-order valence-corrected chi connectivity index (χ3v) is 7.64. The zero-order valence-electron chi connectivity index (χ0n) is 17.3. The highest BCUT2D eigenvalue weighted by molar-refractivity contribution is 7.89. The van der Waals surface area contributed by atoms with E-state index >= 15 is 0 Å². The van der Waals surface area contributed by atoms with E-state index in [0.717, 1.165) is 12.1 Å². The quantitative estimate of drug-likeness (QED) is 0.567. The van der Waals surface area contributed by atoms with E-state index in [9.17, 15) is 17.6 Å². The molecule has 7 nitrogen and oxygen atoms in total. The fourth-order valence-corrected chi connectivity index (χ4v) is 5.41. The molecule has 0 aliphatic carbocycles. The fourth-order valence-electron chi connectivity index (χ4n) is 3.71. The maximum absolute atomic E-state index is 13.4. The lowest BCUT2D eigenvalue weighted by Gasteiger charge is -2.22. The van der Waals surface area contributed by atoms with Crippen LogP contribution in [0.4, 0.5) is 4.39 Å². The first-order chi connectivity index (χ1) is 15.3. The molecule has 1 aliphatic heterocycles. The summed E-state index contributed by atoms with van der Waals surface area (Å²) < 4.78 is 45.7. The molecule has 4 rings (SSSR count). The van der Waals surface area contributed by atoms with E-state index in [2.05, 4.69) is 5.16 Å². The molecule has 2 aromatic carbocycles. The molecular weight excluding hydrogens is 457 g/mol. The van der Waals surface area contributed by atoms with E-state index in [1.165, 1.54) is 16.4 Å². The Balaban J connectivity index is 1.56. The van der Waals surface area contributed by atoms with Gasteiger partial charge in [-0.15, -0.1) is 0 Å². The van der Waals surface area contributed by atoms with Gasteiger partial charge in [0.2, 0.25) is 10.0 Å². The van der Waals surface area contributed by atoms with E-state index in [-0.39, 0.29) is 30.4 Å². The number of amides is 1. The second kappa shape index (κ2) is 9.01. The van der Waals surface area contributed by atoms with Gasteiger partial charge in [0.25, 0.3) is 5.91 Å². The summed E-state index contributed by atoms with van der Waals surface area (Å²) in [5, 5.41) is 4.49. The Labute approximate surface area is 190 Å². The third-order valence-electron chi connectivity index (χ3n) is 5.40. The van der Waals surface area contributed by atoms with Gasteiger partial charge in [0.15, 0.2) is 0 Å². The molecular formula is C22H21ClFN3O4S. The first-order valence-corrected chi connectivity index (χ1v) is 11.9. The van der Waals surface area contributed by atoms with Crippen molar-refractivity contribution in [2.45, 2.75) is 18.2 Å². The van der Waals surface area contributed by atoms with Gasteiger partial charge in [0, 0.05) is 31.7 Å². The molecule has 0 atom stereocenters. The number of halogens is 2. The molecule has 0 radical (unpaired) electrons. The molecule has 1 amide bonds. The highest BCUT2D eigenvalue weighted by Gasteiger charge is 2.31. The number of nitrogens with zero attached hydrogens (tertiary/aromatic N) is 3. The van der Waals surface area contributed by atoms with Crippen LogP contribution in [0.3, 0.4) is 0 Å². The van der Waals surface area contributed by atoms with Gasteiger partial charge < -0.3 is 9.42 Å². The van der Waals surface area contributed by atoms with Crippen molar-refractivity contribution < 1.29 is 22.1 Å². The van der Waals surface area contributed by atoms with Gasteiger partial charge in [-0.3, -0.25) is 4.79 Å². The summed E-state index contributed by atoms with van der Waals surface area (Å²) in [5.74, 6) is -0.431. The van der Waals surface area contributed by atoms with E-state index in [1.54, 1.807) is 36.1 Å². The minimum Gasteiger partial charge on any atom is -0.360 e. The van der Waals surface area contributed by atoms with Gasteiger partial charge >= 0.3 is 0 Å². The Morgan fingerprint density at radius 3 is 2.50 bits per heavy atom. The number of aryl methyl sites for hydroxylation is 1. The second-order valence-corrected chi connectivity index (χ2v) is 9.79. The number of carbonyl (C=O) groups is 1. The van der Waals surface area contributed by atoms with E-state index in [4.69, 9.17) is 16.1 Å². The van der Waals surface area contributed by atoms with Crippen molar-refractivity contribution in [2.75, 3.05) is 26.2 Å². The number of benzene rings is 2. The molecule has 168 valence electrons. The molecule has 1 saturated heterocycles. The lowest BCUT2D eigenvalue weighted by Crippen LogP contribution is -2.37. The number of carbonyl (C=O) groups excluding carboxylic acids is 1. The average molecular weight is 478 g/mol. The zero-order chi connectivity index (χ0) is 22.9. The van der Waals surface area contributed by atoms with Crippen LogP contribution in [0.25, 0.3) is 11.3 Å². The summed E-state index contributed by atoms with van der Waals surface area (Å²) in [5.41, 5.74) is 1.26. The molecule has 1 aromatic heterocycles. The Hall–Kier alpha value is -2.75. The van der Waals surface area contributed by atoms with Crippen LogP contribution in [0.1, 0.15) is 22.5 Å². The molecule has 0 N–H and O–H groups in total. The Kier molecular flexibility index (Phi) is 6.32. The molecule has 3 aromatic rings. The number of rotatable bonds is 4. The Morgan fingerprint density at radius 1 is 1.06 bits per heavy atom. The molecule has 1 aliphatic rings. The molecule has 32 heavy (non-hydrogen) atoms. The summed E-state index contributed by atoms with van der Waals surface area (Å²) in [6, 6.07) is 11.8. The lowest BCUT2D eigenvalue weighted by atomic mass is 10.0. The number of hydrogen-bond acceptors (Lipinski definition) is 5. The second-order valence-electron chi connectivity index (χ2n) is 7.45. The van der Waals surface area contributed by atoms with Gasteiger partial charge in [-0.2, -0.15) is 4.31 Å². The van der Waals surface area contributed by atoms with Crippen LogP contribution < -0.4 is 0 Å². The number of aromatic nitrogens is 1. The molecule has 0 bridgehead atoms. The highest BCUT2D eigenvalue weighted by Crippen LogP contribution is 2.32. The van der Waals surface area contributed by atoms with Crippen LogP contribution in [0.5, 0.6) is 0 Å². The topological polar surface area (TPSA) is 83.7 Å². The van der Waals surface area contributed by atoms with Crippen molar-refractivity contribution in [1.29, 1.82) is 0 Å². The van der Waals surface area contributed by atoms with Crippen LogP contribution in [0.2, 0.25) is 5.02 Å². The molecule has 0 spiro atoms. The normalized spacial score (nSPS) is 15.5. The van der Waals surface area contributed by atoms with Crippen molar-refractivity contribution in [3.05, 3.63) is 70.7 Å². The summed E-state index contributed by atoms with van der Waals surface area (Å²) >= 11 is 6.29. The predicted octanol–water partition coefficient (Wildman–Crippen LogP) is 3.98. The van der Waals surface area contributed by atoms with E-state index < -0.39 is 15.8 Å². The van der Waals surface area contributed by atoms with Gasteiger partial charge in [-0.05, 0) is 43.7 Å². The van der Waals surface area contributed by atoms with E-state index in [0.29, 0.717) is 40.6 Å². The molecule has 1 fully saturated rings. The lowest BCUT2D eigenvalue weighted by molar-refractivity contribution is 0.0763. The van der Waals surface area contributed by atoms with Crippen molar-refractivity contribution >= 4 is 27.5 Å². The smallest absolute Gasteiger partial charge is 0.259 e. The number of hydrogen-bond donors (Lipinski definition) is 0. The largest absolute Gasteiger partial charge is 0.360 e. The van der Waals surface area contributed by atoms with Crippen LogP contribution in [0.15, 0.2) is 57.9 Å². The molecule has 2 heterocycles. The predicted molar refractivity (Wildman–Crippen MR) is 117 cm³/mol. The maximum Gasteiger partial charge on any atom is 0.259 e. The SMILES string of the molecule is Cc1onc(-c2ccccc2Cl)c1C(=O)N1CCCN(S(=O)(=O)c2ccc(F)cc2)CC1.